The summed E-state index contributed by atoms with van der Waals surface area (Å²) in [6.45, 7) is 6.01. The van der Waals surface area contributed by atoms with Crippen LogP contribution in [0.2, 0.25) is 0 Å². The lowest BCUT2D eigenvalue weighted by Crippen LogP contribution is -2.23. The Kier molecular flexibility index (Phi) is 4.62. The molecule has 1 aromatic carbocycles. The Morgan fingerprint density at radius 1 is 1.17 bits per heavy atom. The molecule has 1 amide bonds. The Bertz CT molecular complexity index is 1220. The van der Waals surface area contributed by atoms with Gasteiger partial charge in [-0.1, -0.05) is 0 Å². The number of carbonyl (C=O) groups excluding carboxylic acids is 1. The van der Waals surface area contributed by atoms with Gasteiger partial charge in [0, 0.05) is 30.5 Å². The second-order valence-electron chi connectivity index (χ2n) is 7.04. The molecule has 1 N–H and O–H groups in total. The van der Waals surface area contributed by atoms with E-state index in [0.29, 0.717) is 40.2 Å². The lowest BCUT2D eigenvalue weighted by Gasteiger charge is -2.08. The Labute approximate surface area is 167 Å². The molecule has 4 rings (SSSR count). The highest BCUT2D eigenvalue weighted by molar-refractivity contribution is 6.06. The van der Waals surface area contributed by atoms with Gasteiger partial charge in [-0.15, -0.1) is 0 Å². The third-order valence-corrected chi connectivity index (χ3v) is 5.03. The molecule has 148 valence electrons. The van der Waals surface area contributed by atoms with Crippen molar-refractivity contribution in [3.05, 3.63) is 70.6 Å². The van der Waals surface area contributed by atoms with E-state index in [1.54, 1.807) is 33.8 Å². The molecule has 0 aliphatic carbocycles. The van der Waals surface area contributed by atoms with Gasteiger partial charge in [-0.05, 0) is 51.1 Å². The van der Waals surface area contributed by atoms with Gasteiger partial charge in [-0.3, -0.25) is 9.48 Å². The number of aromatic nitrogens is 5. The zero-order chi connectivity index (χ0) is 20.7. The second-order valence-corrected chi connectivity index (χ2v) is 7.04. The number of aryl methyl sites for hydroxylation is 3. The van der Waals surface area contributed by atoms with E-state index in [4.69, 9.17) is 0 Å². The molecular weight excluding hydrogens is 371 g/mol. The van der Waals surface area contributed by atoms with E-state index in [-0.39, 0.29) is 11.7 Å². The van der Waals surface area contributed by atoms with Crippen molar-refractivity contribution in [2.45, 2.75) is 27.3 Å². The van der Waals surface area contributed by atoms with Crippen LogP contribution in [-0.2, 0) is 13.6 Å². The Balaban J connectivity index is 1.74. The van der Waals surface area contributed by atoms with Crippen LogP contribution in [0.1, 0.15) is 33.0 Å². The number of fused-ring (bicyclic) bond motifs is 1. The van der Waals surface area contributed by atoms with Gasteiger partial charge in [-0.25, -0.2) is 14.1 Å². The fourth-order valence-electron chi connectivity index (χ4n) is 3.34. The SMILES string of the molecule is Cc1cc(C(=O)NCc2cnn(C)c2C)c2c(C)nn(-c3ccc(F)cc3)c2n1. The first-order valence-electron chi connectivity index (χ1n) is 9.23. The minimum Gasteiger partial charge on any atom is -0.348 e. The summed E-state index contributed by atoms with van der Waals surface area (Å²) < 4.78 is 16.7. The molecule has 0 saturated carbocycles. The van der Waals surface area contributed by atoms with E-state index >= 15 is 0 Å². The van der Waals surface area contributed by atoms with Crippen LogP contribution < -0.4 is 5.32 Å². The maximum Gasteiger partial charge on any atom is 0.252 e. The number of rotatable bonds is 4. The van der Waals surface area contributed by atoms with E-state index in [1.165, 1.54) is 12.1 Å². The normalized spacial score (nSPS) is 11.2. The maximum atomic E-state index is 13.3. The molecule has 3 heterocycles. The number of pyridine rings is 1. The monoisotopic (exact) mass is 392 g/mol. The average molecular weight is 392 g/mol. The summed E-state index contributed by atoms with van der Waals surface area (Å²) in [6.07, 6.45) is 1.75. The summed E-state index contributed by atoms with van der Waals surface area (Å²) in [5.41, 5.74) is 5.10. The van der Waals surface area contributed by atoms with Crippen LogP contribution in [-0.4, -0.2) is 30.5 Å². The highest BCUT2D eigenvalue weighted by Crippen LogP contribution is 2.25. The van der Waals surface area contributed by atoms with Gasteiger partial charge < -0.3 is 5.32 Å². The standard InChI is InChI=1S/C21H21FN6O/c1-12-9-18(21(29)23-10-15-11-24-27(4)14(15)3)19-13(2)26-28(20(19)25-12)17-7-5-16(22)6-8-17/h5-9,11H,10H2,1-4H3,(H,23,29). The molecule has 8 heteroatoms. The van der Waals surface area contributed by atoms with Crippen molar-refractivity contribution in [2.75, 3.05) is 0 Å². The van der Waals surface area contributed by atoms with Crippen molar-refractivity contribution in [2.24, 2.45) is 7.05 Å². The molecular formula is C21H21FN6O. The van der Waals surface area contributed by atoms with Gasteiger partial charge in [0.1, 0.15) is 5.82 Å². The average Bonchev–Trinajstić information content (AvgIpc) is 3.19. The predicted octanol–water partition coefficient (Wildman–Crippen LogP) is 3.15. The molecule has 0 atom stereocenters. The molecule has 4 aromatic rings. The Hall–Kier alpha value is -3.55. The zero-order valence-corrected chi connectivity index (χ0v) is 16.7. The molecule has 0 unspecified atom stereocenters. The van der Waals surface area contributed by atoms with E-state index < -0.39 is 0 Å². The van der Waals surface area contributed by atoms with Crippen molar-refractivity contribution in [3.63, 3.8) is 0 Å². The summed E-state index contributed by atoms with van der Waals surface area (Å²) in [5, 5.41) is 12.4. The van der Waals surface area contributed by atoms with E-state index in [0.717, 1.165) is 11.3 Å². The number of halogens is 1. The van der Waals surface area contributed by atoms with Crippen molar-refractivity contribution >= 4 is 16.9 Å². The van der Waals surface area contributed by atoms with E-state index in [1.807, 2.05) is 27.8 Å². The van der Waals surface area contributed by atoms with E-state index in [2.05, 4.69) is 20.5 Å². The first-order valence-corrected chi connectivity index (χ1v) is 9.23. The topological polar surface area (TPSA) is 77.6 Å². The first-order chi connectivity index (χ1) is 13.8. The van der Waals surface area contributed by atoms with E-state index in [9.17, 15) is 9.18 Å². The van der Waals surface area contributed by atoms with Crippen LogP contribution in [0.4, 0.5) is 4.39 Å². The molecule has 7 nitrogen and oxygen atoms in total. The number of benzene rings is 1. The summed E-state index contributed by atoms with van der Waals surface area (Å²) in [7, 11) is 1.86. The first kappa shape index (κ1) is 18.8. The van der Waals surface area contributed by atoms with Gasteiger partial charge in [0.2, 0.25) is 0 Å². The molecule has 0 fully saturated rings. The third-order valence-electron chi connectivity index (χ3n) is 5.03. The van der Waals surface area contributed by atoms with Gasteiger partial charge in [-0.2, -0.15) is 10.2 Å². The molecule has 0 aliphatic heterocycles. The number of amides is 1. The van der Waals surface area contributed by atoms with Crippen LogP contribution in [0.5, 0.6) is 0 Å². The van der Waals surface area contributed by atoms with Crippen LogP contribution >= 0.6 is 0 Å². The number of nitrogens with one attached hydrogen (secondary N) is 1. The van der Waals surface area contributed by atoms with Crippen molar-refractivity contribution in [1.82, 2.24) is 29.9 Å². The molecule has 0 saturated heterocycles. The quantitative estimate of drug-likeness (QED) is 0.579. The second kappa shape index (κ2) is 7.12. The van der Waals surface area contributed by atoms with Crippen molar-refractivity contribution in [1.29, 1.82) is 0 Å². The van der Waals surface area contributed by atoms with Gasteiger partial charge in [0.25, 0.3) is 5.91 Å². The zero-order valence-electron chi connectivity index (χ0n) is 16.7. The molecule has 0 aliphatic rings. The lowest BCUT2D eigenvalue weighted by molar-refractivity contribution is 0.0952. The summed E-state index contributed by atoms with van der Waals surface area (Å²) in [5.74, 6) is -0.526. The maximum absolute atomic E-state index is 13.3. The third kappa shape index (κ3) is 3.37. The fraction of sp³-hybridized carbons (Fsp3) is 0.238. The number of nitrogens with zero attached hydrogens (tertiary/aromatic N) is 5. The summed E-state index contributed by atoms with van der Waals surface area (Å²) in [6, 6.07) is 7.78. The highest BCUT2D eigenvalue weighted by atomic mass is 19.1. The lowest BCUT2D eigenvalue weighted by atomic mass is 10.1. The fourth-order valence-corrected chi connectivity index (χ4v) is 3.34. The number of hydrogen-bond donors (Lipinski definition) is 1. The largest absolute Gasteiger partial charge is 0.348 e. The van der Waals surface area contributed by atoms with Crippen LogP contribution in [0.15, 0.2) is 36.5 Å². The van der Waals surface area contributed by atoms with Crippen LogP contribution in [0.3, 0.4) is 0 Å². The number of carbonyl (C=O) groups is 1. The molecule has 0 bridgehead atoms. The van der Waals surface area contributed by atoms with Crippen molar-refractivity contribution < 1.29 is 9.18 Å². The predicted molar refractivity (Wildman–Crippen MR) is 107 cm³/mol. The number of hydrogen-bond acceptors (Lipinski definition) is 4. The minimum absolute atomic E-state index is 0.203. The Morgan fingerprint density at radius 2 is 1.90 bits per heavy atom. The molecule has 29 heavy (non-hydrogen) atoms. The van der Waals surface area contributed by atoms with Crippen molar-refractivity contribution in [3.8, 4) is 5.69 Å². The van der Waals surface area contributed by atoms with Gasteiger partial charge in [0.15, 0.2) is 5.65 Å². The smallest absolute Gasteiger partial charge is 0.252 e. The molecule has 3 aromatic heterocycles. The minimum atomic E-state index is -0.322. The summed E-state index contributed by atoms with van der Waals surface area (Å²) >= 11 is 0. The van der Waals surface area contributed by atoms with Gasteiger partial charge in [0.05, 0.1) is 28.5 Å². The van der Waals surface area contributed by atoms with Gasteiger partial charge >= 0.3 is 0 Å². The van der Waals surface area contributed by atoms with Crippen LogP contribution in [0.25, 0.3) is 16.7 Å². The Morgan fingerprint density at radius 3 is 2.55 bits per heavy atom. The van der Waals surface area contributed by atoms with Crippen LogP contribution in [0, 0.1) is 26.6 Å². The summed E-state index contributed by atoms with van der Waals surface area (Å²) in [4.78, 5) is 17.6. The molecule has 0 spiro atoms. The highest BCUT2D eigenvalue weighted by Gasteiger charge is 2.20. The molecule has 0 radical (unpaired) electrons.